The number of hydrogen-bond donors (Lipinski definition) is 1. The summed E-state index contributed by atoms with van der Waals surface area (Å²) in [5, 5.41) is 3.61. The lowest BCUT2D eigenvalue weighted by Gasteiger charge is -2.28. The predicted molar refractivity (Wildman–Crippen MR) is 79.7 cm³/mol. The van der Waals surface area contributed by atoms with Gasteiger partial charge < -0.3 is 14.8 Å². The fraction of sp³-hybridized carbons (Fsp3) is 1.00. The molecule has 0 saturated carbocycles. The van der Waals surface area contributed by atoms with Crippen LogP contribution in [0.25, 0.3) is 0 Å². The molecule has 0 aromatic carbocycles. The summed E-state index contributed by atoms with van der Waals surface area (Å²) in [5.41, 5.74) is 0.213. The van der Waals surface area contributed by atoms with Gasteiger partial charge in [-0.05, 0) is 46.6 Å². The summed E-state index contributed by atoms with van der Waals surface area (Å²) in [6.07, 6.45) is 3.62. The first-order valence-electron chi connectivity index (χ1n) is 7.58. The molecular weight excluding hydrogens is 240 g/mol. The molecule has 0 amide bonds. The first-order chi connectivity index (χ1) is 9.03. The van der Waals surface area contributed by atoms with Gasteiger partial charge in [-0.1, -0.05) is 0 Å². The molecule has 1 N–H and O–H groups in total. The van der Waals surface area contributed by atoms with Gasteiger partial charge in [0, 0.05) is 45.0 Å². The number of ether oxygens (including phenoxy) is 2. The summed E-state index contributed by atoms with van der Waals surface area (Å²) in [4.78, 5) is 2.56. The van der Waals surface area contributed by atoms with Crippen molar-refractivity contribution in [1.29, 1.82) is 0 Å². The topological polar surface area (TPSA) is 33.7 Å². The molecule has 0 aromatic heterocycles. The van der Waals surface area contributed by atoms with E-state index in [-0.39, 0.29) is 5.54 Å². The van der Waals surface area contributed by atoms with E-state index in [9.17, 15) is 0 Å². The Labute approximate surface area is 118 Å². The van der Waals surface area contributed by atoms with E-state index < -0.39 is 0 Å². The van der Waals surface area contributed by atoms with Crippen LogP contribution < -0.4 is 5.32 Å². The first-order valence-corrected chi connectivity index (χ1v) is 7.58. The summed E-state index contributed by atoms with van der Waals surface area (Å²) in [5.74, 6) is 0. The molecule has 114 valence electrons. The van der Waals surface area contributed by atoms with E-state index in [4.69, 9.17) is 9.47 Å². The highest BCUT2D eigenvalue weighted by atomic mass is 16.5. The van der Waals surface area contributed by atoms with Gasteiger partial charge in [-0.2, -0.15) is 0 Å². The van der Waals surface area contributed by atoms with Crippen molar-refractivity contribution in [2.24, 2.45) is 0 Å². The van der Waals surface area contributed by atoms with Gasteiger partial charge in [-0.3, -0.25) is 4.90 Å². The Morgan fingerprint density at radius 2 is 2.00 bits per heavy atom. The van der Waals surface area contributed by atoms with Crippen LogP contribution in [-0.4, -0.2) is 63.0 Å². The van der Waals surface area contributed by atoms with Crippen LogP contribution in [0, 0.1) is 0 Å². The third-order valence-corrected chi connectivity index (χ3v) is 3.53. The molecule has 1 unspecified atom stereocenters. The summed E-state index contributed by atoms with van der Waals surface area (Å²) in [6, 6.07) is 0.682. The Bertz CT molecular complexity index is 229. The van der Waals surface area contributed by atoms with Gasteiger partial charge in [0.1, 0.15) is 0 Å². The van der Waals surface area contributed by atoms with Crippen LogP contribution in [0.4, 0.5) is 0 Å². The number of hydrogen-bond acceptors (Lipinski definition) is 4. The van der Waals surface area contributed by atoms with Crippen molar-refractivity contribution >= 4 is 0 Å². The number of likely N-dealkylation sites (tertiary alicyclic amines) is 1. The van der Waals surface area contributed by atoms with E-state index in [0.29, 0.717) is 6.04 Å². The zero-order valence-corrected chi connectivity index (χ0v) is 13.2. The van der Waals surface area contributed by atoms with Crippen LogP contribution >= 0.6 is 0 Å². The number of rotatable bonds is 9. The molecule has 0 bridgehead atoms. The standard InChI is InChI=1S/C15H32N2O2/c1-15(2,3)16-13-14-7-5-8-17(14)9-12-19-11-6-10-18-4/h14,16H,5-13H2,1-4H3. The van der Waals surface area contributed by atoms with Crippen molar-refractivity contribution in [3.8, 4) is 0 Å². The molecule has 4 heteroatoms. The number of nitrogens with one attached hydrogen (secondary N) is 1. The Morgan fingerprint density at radius 3 is 2.68 bits per heavy atom. The second kappa shape index (κ2) is 8.90. The maximum atomic E-state index is 5.65. The van der Waals surface area contributed by atoms with Gasteiger partial charge in [0.15, 0.2) is 0 Å². The predicted octanol–water partition coefficient (Wildman–Crippen LogP) is 1.89. The summed E-state index contributed by atoms with van der Waals surface area (Å²) in [6.45, 7) is 12.5. The van der Waals surface area contributed by atoms with Crippen LogP contribution in [0.15, 0.2) is 0 Å². The summed E-state index contributed by atoms with van der Waals surface area (Å²) < 4.78 is 10.7. The van der Waals surface area contributed by atoms with Gasteiger partial charge in [0.05, 0.1) is 6.61 Å². The molecule has 1 atom stereocenters. The van der Waals surface area contributed by atoms with E-state index in [1.165, 1.54) is 19.4 Å². The SMILES string of the molecule is COCCCOCCN1CCCC1CNC(C)(C)C. The van der Waals surface area contributed by atoms with Crippen LogP contribution in [0.1, 0.15) is 40.0 Å². The molecule has 4 nitrogen and oxygen atoms in total. The van der Waals surface area contributed by atoms with E-state index in [0.717, 1.165) is 39.3 Å². The maximum absolute atomic E-state index is 5.65. The molecule has 0 aromatic rings. The van der Waals surface area contributed by atoms with Gasteiger partial charge in [-0.25, -0.2) is 0 Å². The Kier molecular flexibility index (Phi) is 7.91. The summed E-state index contributed by atoms with van der Waals surface area (Å²) >= 11 is 0. The highest BCUT2D eigenvalue weighted by molar-refractivity contribution is 4.83. The van der Waals surface area contributed by atoms with Crippen molar-refractivity contribution in [3.05, 3.63) is 0 Å². The first kappa shape index (κ1) is 16.9. The highest BCUT2D eigenvalue weighted by Crippen LogP contribution is 2.16. The van der Waals surface area contributed by atoms with Crippen molar-refractivity contribution in [3.63, 3.8) is 0 Å². The third-order valence-electron chi connectivity index (χ3n) is 3.53. The largest absolute Gasteiger partial charge is 0.385 e. The average molecular weight is 272 g/mol. The minimum atomic E-state index is 0.213. The third kappa shape index (κ3) is 7.88. The smallest absolute Gasteiger partial charge is 0.0593 e. The normalized spacial score (nSPS) is 21.2. The molecule has 0 aliphatic carbocycles. The molecule has 1 heterocycles. The minimum absolute atomic E-state index is 0.213. The van der Waals surface area contributed by atoms with E-state index in [1.807, 2.05) is 0 Å². The molecule has 0 spiro atoms. The maximum Gasteiger partial charge on any atom is 0.0593 e. The Balaban J connectivity index is 2.10. The molecule has 19 heavy (non-hydrogen) atoms. The number of nitrogens with zero attached hydrogens (tertiary/aromatic N) is 1. The van der Waals surface area contributed by atoms with Gasteiger partial charge in [0.25, 0.3) is 0 Å². The monoisotopic (exact) mass is 272 g/mol. The van der Waals surface area contributed by atoms with Crippen molar-refractivity contribution in [2.75, 3.05) is 46.6 Å². The highest BCUT2D eigenvalue weighted by Gasteiger charge is 2.25. The molecule has 1 saturated heterocycles. The second-order valence-electron chi connectivity index (χ2n) is 6.42. The molecule has 1 aliphatic rings. The molecule has 1 rings (SSSR count). The molecular formula is C15H32N2O2. The van der Waals surface area contributed by atoms with E-state index in [2.05, 4.69) is 31.0 Å². The van der Waals surface area contributed by atoms with Gasteiger partial charge in [0.2, 0.25) is 0 Å². The van der Waals surface area contributed by atoms with E-state index in [1.54, 1.807) is 7.11 Å². The second-order valence-corrected chi connectivity index (χ2v) is 6.42. The van der Waals surface area contributed by atoms with E-state index >= 15 is 0 Å². The van der Waals surface area contributed by atoms with Crippen LogP contribution in [-0.2, 0) is 9.47 Å². The molecule has 1 aliphatic heterocycles. The summed E-state index contributed by atoms with van der Waals surface area (Å²) in [7, 11) is 1.73. The van der Waals surface area contributed by atoms with Crippen molar-refractivity contribution in [1.82, 2.24) is 10.2 Å². The van der Waals surface area contributed by atoms with Crippen molar-refractivity contribution < 1.29 is 9.47 Å². The lowest BCUT2D eigenvalue weighted by Crippen LogP contribution is -2.45. The Morgan fingerprint density at radius 1 is 1.21 bits per heavy atom. The van der Waals surface area contributed by atoms with Gasteiger partial charge in [-0.15, -0.1) is 0 Å². The zero-order chi connectivity index (χ0) is 14.1. The lowest BCUT2D eigenvalue weighted by atomic mass is 10.1. The van der Waals surface area contributed by atoms with Gasteiger partial charge >= 0.3 is 0 Å². The average Bonchev–Trinajstić information content (AvgIpc) is 2.78. The lowest BCUT2D eigenvalue weighted by molar-refractivity contribution is 0.0801. The zero-order valence-electron chi connectivity index (χ0n) is 13.2. The van der Waals surface area contributed by atoms with Crippen LogP contribution in [0.2, 0.25) is 0 Å². The fourth-order valence-corrected chi connectivity index (χ4v) is 2.43. The van der Waals surface area contributed by atoms with Crippen LogP contribution in [0.3, 0.4) is 0 Å². The van der Waals surface area contributed by atoms with Crippen LogP contribution in [0.5, 0.6) is 0 Å². The molecule has 1 fully saturated rings. The van der Waals surface area contributed by atoms with Crippen molar-refractivity contribution in [2.45, 2.75) is 51.6 Å². The Hall–Kier alpha value is -0.160. The molecule has 0 radical (unpaired) electrons. The minimum Gasteiger partial charge on any atom is -0.385 e. The fourth-order valence-electron chi connectivity index (χ4n) is 2.43. The quantitative estimate of drug-likeness (QED) is 0.650. The number of methoxy groups -OCH3 is 1.